The van der Waals surface area contributed by atoms with Crippen molar-refractivity contribution < 1.29 is 9.59 Å². The molecule has 1 heterocycles. The van der Waals surface area contributed by atoms with E-state index in [0.29, 0.717) is 12.8 Å². The third-order valence-corrected chi connectivity index (χ3v) is 7.28. The van der Waals surface area contributed by atoms with Crippen LogP contribution in [0.4, 0.5) is 0 Å². The van der Waals surface area contributed by atoms with E-state index in [4.69, 9.17) is 0 Å². The Bertz CT molecular complexity index is 523. The molecule has 0 aromatic carbocycles. The van der Waals surface area contributed by atoms with Gasteiger partial charge in [-0.2, -0.15) is 0 Å². The van der Waals surface area contributed by atoms with Crippen LogP contribution >= 0.6 is 0 Å². The topological polar surface area (TPSA) is 37.4 Å². The molecule has 33 heavy (non-hydrogen) atoms. The summed E-state index contributed by atoms with van der Waals surface area (Å²) in [5, 5.41) is 0. The fourth-order valence-electron chi connectivity index (χ4n) is 5.07. The first-order chi connectivity index (χ1) is 16.1. The van der Waals surface area contributed by atoms with E-state index in [9.17, 15) is 9.59 Å². The summed E-state index contributed by atoms with van der Waals surface area (Å²) in [7, 11) is 0. The molecule has 0 radical (unpaired) electrons. The zero-order valence-corrected chi connectivity index (χ0v) is 22.5. The van der Waals surface area contributed by atoms with Crippen LogP contribution in [0, 0.1) is 0 Å². The SMILES string of the molecule is CCCCCCCCCCCCCC/C=C(\C)C(CCCCCCCC)N1C(=O)CCC1=O. The van der Waals surface area contributed by atoms with E-state index in [1.807, 2.05) is 0 Å². The number of carbonyl (C=O) groups is 2. The third kappa shape index (κ3) is 14.0. The molecule has 3 heteroatoms. The van der Waals surface area contributed by atoms with Gasteiger partial charge in [0.2, 0.25) is 11.8 Å². The molecule has 0 spiro atoms. The summed E-state index contributed by atoms with van der Waals surface area (Å²) in [5.41, 5.74) is 1.23. The second-order valence-corrected chi connectivity index (χ2v) is 10.4. The number of allylic oxidation sites excluding steroid dienone is 1. The number of likely N-dealkylation sites (tertiary alicyclic amines) is 1. The molecule has 1 atom stereocenters. The summed E-state index contributed by atoms with van der Waals surface area (Å²) < 4.78 is 0. The highest BCUT2D eigenvalue weighted by molar-refractivity contribution is 6.02. The fraction of sp³-hybridized carbons (Fsp3) is 0.867. The van der Waals surface area contributed by atoms with Crippen LogP contribution in [0.15, 0.2) is 11.6 Å². The van der Waals surface area contributed by atoms with Crippen LogP contribution in [0.1, 0.15) is 162 Å². The molecule has 1 unspecified atom stereocenters. The summed E-state index contributed by atoms with van der Waals surface area (Å²) in [6, 6.07) is -0.00370. The Morgan fingerprint density at radius 2 is 1.06 bits per heavy atom. The summed E-state index contributed by atoms with van der Waals surface area (Å²) >= 11 is 0. The number of carbonyl (C=O) groups excluding carboxylic acids is 2. The average molecular weight is 462 g/mol. The largest absolute Gasteiger partial charge is 0.275 e. The van der Waals surface area contributed by atoms with Crippen molar-refractivity contribution in [3.63, 3.8) is 0 Å². The Morgan fingerprint density at radius 1 is 0.667 bits per heavy atom. The number of unbranched alkanes of at least 4 members (excludes halogenated alkanes) is 17. The lowest BCUT2D eigenvalue weighted by atomic mass is 9.97. The molecule has 192 valence electrons. The van der Waals surface area contributed by atoms with Crippen LogP contribution in [0.2, 0.25) is 0 Å². The van der Waals surface area contributed by atoms with E-state index in [1.54, 1.807) is 4.90 Å². The van der Waals surface area contributed by atoms with Gasteiger partial charge >= 0.3 is 0 Å². The van der Waals surface area contributed by atoms with Gasteiger partial charge in [0.15, 0.2) is 0 Å². The van der Waals surface area contributed by atoms with Crippen LogP contribution in [0.5, 0.6) is 0 Å². The summed E-state index contributed by atoms with van der Waals surface area (Å²) in [6.45, 7) is 6.66. The van der Waals surface area contributed by atoms with Gasteiger partial charge in [0.05, 0.1) is 6.04 Å². The Morgan fingerprint density at radius 3 is 1.52 bits per heavy atom. The minimum atomic E-state index is -0.00370. The molecular weight excluding hydrogens is 406 g/mol. The zero-order valence-electron chi connectivity index (χ0n) is 22.5. The van der Waals surface area contributed by atoms with Gasteiger partial charge in [-0.1, -0.05) is 135 Å². The monoisotopic (exact) mass is 461 g/mol. The highest BCUT2D eigenvalue weighted by atomic mass is 16.2. The number of hydrogen-bond acceptors (Lipinski definition) is 2. The highest BCUT2D eigenvalue weighted by Crippen LogP contribution is 2.25. The maximum Gasteiger partial charge on any atom is 0.230 e. The molecule has 2 amide bonds. The van der Waals surface area contributed by atoms with Crippen molar-refractivity contribution in [2.75, 3.05) is 0 Å². The van der Waals surface area contributed by atoms with Crippen molar-refractivity contribution in [3.8, 4) is 0 Å². The molecule has 0 N–H and O–H groups in total. The maximum atomic E-state index is 12.4. The first kappa shape index (κ1) is 29.9. The van der Waals surface area contributed by atoms with E-state index < -0.39 is 0 Å². The molecule has 3 nitrogen and oxygen atoms in total. The number of hydrogen-bond donors (Lipinski definition) is 0. The van der Waals surface area contributed by atoms with Crippen molar-refractivity contribution in [2.24, 2.45) is 0 Å². The molecule has 1 rings (SSSR count). The Hall–Kier alpha value is -1.12. The number of imide groups is 1. The van der Waals surface area contributed by atoms with E-state index >= 15 is 0 Å². The third-order valence-electron chi connectivity index (χ3n) is 7.28. The van der Waals surface area contributed by atoms with Gasteiger partial charge < -0.3 is 0 Å². The molecule has 0 bridgehead atoms. The van der Waals surface area contributed by atoms with Crippen LogP contribution in [0.3, 0.4) is 0 Å². The lowest BCUT2D eigenvalue weighted by molar-refractivity contribution is -0.140. The van der Waals surface area contributed by atoms with Crippen LogP contribution in [-0.4, -0.2) is 22.8 Å². The fourth-order valence-corrected chi connectivity index (χ4v) is 5.07. The van der Waals surface area contributed by atoms with Crippen LogP contribution < -0.4 is 0 Å². The van der Waals surface area contributed by atoms with Crippen molar-refractivity contribution in [1.29, 1.82) is 0 Å². The van der Waals surface area contributed by atoms with Gasteiger partial charge in [0.1, 0.15) is 0 Å². The zero-order chi connectivity index (χ0) is 24.2. The smallest absolute Gasteiger partial charge is 0.230 e. The minimum Gasteiger partial charge on any atom is -0.275 e. The minimum absolute atomic E-state index is 0.00370. The van der Waals surface area contributed by atoms with E-state index in [1.165, 1.54) is 115 Å². The number of rotatable bonds is 22. The molecule has 1 saturated heterocycles. The van der Waals surface area contributed by atoms with E-state index in [2.05, 4.69) is 26.8 Å². The van der Waals surface area contributed by atoms with Crippen molar-refractivity contribution in [2.45, 2.75) is 168 Å². The van der Waals surface area contributed by atoms with Gasteiger partial charge in [-0.3, -0.25) is 14.5 Å². The van der Waals surface area contributed by atoms with Gasteiger partial charge in [-0.25, -0.2) is 0 Å². The molecule has 0 aliphatic carbocycles. The highest BCUT2D eigenvalue weighted by Gasteiger charge is 2.35. The normalized spacial score (nSPS) is 15.6. The van der Waals surface area contributed by atoms with Gasteiger partial charge in [-0.05, 0) is 26.2 Å². The summed E-state index contributed by atoms with van der Waals surface area (Å²) in [4.78, 5) is 26.3. The summed E-state index contributed by atoms with van der Waals surface area (Å²) in [6.07, 6.45) is 29.0. The predicted molar refractivity (Wildman–Crippen MR) is 142 cm³/mol. The van der Waals surface area contributed by atoms with Crippen molar-refractivity contribution in [1.82, 2.24) is 4.90 Å². The Kier molecular flexibility index (Phi) is 18.4. The Labute approximate surface area is 206 Å². The molecule has 1 fully saturated rings. The second-order valence-electron chi connectivity index (χ2n) is 10.4. The maximum absolute atomic E-state index is 12.4. The molecule has 0 aromatic rings. The lowest BCUT2D eigenvalue weighted by Crippen LogP contribution is -2.40. The molecule has 0 saturated carbocycles. The Balaban J connectivity index is 2.26. The van der Waals surface area contributed by atoms with Crippen molar-refractivity contribution in [3.05, 3.63) is 11.6 Å². The van der Waals surface area contributed by atoms with E-state index in [-0.39, 0.29) is 17.9 Å². The quantitative estimate of drug-likeness (QED) is 0.0914. The lowest BCUT2D eigenvalue weighted by Gasteiger charge is -2.27. The van der Waals surface area contributed by atoms with Crippen molar-refractivity contribution >= 4 is 11.8 Å². The predicted octanol–water partition coefficient (Wildman–Crippen LogP) is 9.29. The standard InChI is InChI=1S/C30H55NO2/c1-4-6-8-10-12-13-14-15-16-17-18-19-21-23-27(3)28(24-22-20-11-9-7-5-2)31-29(32)25-26-30(31)33/h23,28H,4-22,24-26H2,1-3H3/b27-23+. The average Bonchev–Trinajstić information content (AvgIpc) is 3.14. The molecule has 1 aliphatic heterocycles. The van der Waals surface area contributed by atoms with Crippen LogP contribution in [-0.2, 0) is 9.59 Å². The second kappa shape index (κ2) is 20.3. The van der Waals surface area contributed by atoms with Gasteiger partial charge in [0.25, 0.3) is 0 Å². The number of nitrogens with zero attached hydrogens (tertiary/aromatic N) is 1. The first-order valence-corrected chi connectivity index (χ1v) is 14.6. The first-order valence-electron chi connectivity index (χ1n) is 14.6. The van der Waals surface area contributed by atoms with Gasteiger partial charge in [-0.15, -0.1) is 0 Å². The molecular formula is C30H55NO2. The van der Waals surface area contributed by atoms with E-state index in [0.717, 1.165) is 19.3 Å². The molecule has 0 aromatic heterocycles. The number of amides is 2. The van der Waals surface area contributed by atoms with Gasteiger partial charge in [0, 0.05) is 12.8 Å². The van der Waals surface area contributed by atoms with Crippen LogP contribution in [0.25, 0.3) is 0 Å². The molecule has 1 aliphatic rings. The summed E-state index contributed by atoms with van der Waals surface area (Å²) in [5.74, 6) is 0.0724.